The number of carbonyl (C=O) groups excluding carboxylic acids is 14. The molecule has 0 aliphatic rings. The van der Waals surface area contributed by atoms with Crippen molar-refractivity contribution in [2.75, 3.05) is 13.2 Å². The van der Waals surface area contributed by atoms with Gasteiger partial charge in [-0.05, 0) is 77.3 Å². The molecule has 14 amide bonds. The first-order valence-electron chi connectivity index (χ1n) is 32.9. The second-order valence-corrected chi connectivity index (χ2v) is 25.6. The van der Waals surface area contributed by atoms with E-state index in [0.29, 0.717) is 16.5 Å². The highest BCUT2D eigenvalue weighted by Gasteiger charge is 2.39. The van der Waals surface area contributed by atoms with Gasteiger partial charge in [-0.3, -0.25) is 81.5 Å². The van der Waals surface area contributed by atoms with Gasteiger partial charge in [0.1, 0.15) is 72.5 Å². The molecule has 0 bridgehead atoms. The highest BCUT2D eigenvalue weighted by atomic mass is 16.4. The summed E-state index contributed by atoms with van der Waals surface area (Å²) in [7, 11) is 0. The van der Waals surface area contributed by atoms with Gasteiger partial charge < -0.3 is 126 Å². The van der Waals surface area contributed by atoms with Crippen molar-refractivity contribution in [3.8, 4) is 0 Å². The first-order valence-corrected chi connectivity index (χ1v) is 32.9. The number of carbonyl (C=O) groups is 18. The molecular weight excluding hydrogens is 1400 g/mol. The third-order valence-corrected chi connectivity index (χ3v) is 15.4. The summed E-state index contributed by atoms with van der Waals surface area (Å²) in [6.45, 7) is 9.58. The highest BCUT2D eigenvalue weighted by Crippen LogP contribution is 2.20. The highest BCUT2D eigenvalue weighted by molar-refractivity contribution is 6.02. The Bertz CT molecular complexity index is 3470. The van der Waals surface area contributed by atoms with Crippen molar-refractivity contribution in [2.45, 2.75) is 210 Å². The Labute approximate surface area is 599 Å². The topological polar surface area (TPSA) is 693 Å². The van der Waals surface area contributed by atoms with Crippen LogP contribution in [-0.2, 0) is 92.7 Å². The number of aliphatic hydroxyl groups excluding tert-OH is 4. The molecule has 0 aliphatic heterocycles. The summed E-state index contributed by atoms with van der Waals surface area (Å²) >= 11 is 0. The number of benzene rings is 1. The van der Waals surface area contributed by atoms with E-state index < -0.39 is 261 Å². The van der Waals surface area contributed by atoms with Gasteiger partial charge in [0, 0.05) is 29.9 Å². The minimum absolute atomic E-state index is 0.00110. The van der Waals surface area contributed by atoms with Crippen LogP contribution in [0.15, 0.2) is 30.5 Å². The van der Waals surface area contributed by atoms with Gasteiger partial charge in [-0.1, -0.05) is 45.9 Å². The summed E-state index contributed by atoms with van der Waals surface area (Å²) < 4.78 is 0. The molecule has 1 aromatic carbocycles. The molecule has 0 unspecified atom stereocenters. The predicted molar refractivity (Wildman–Crippen MR) is 361 cm³/mol. The maximum absolute atomic E-state index is 14.3. The van der Waals surface area contributed by atoms with Crippen LogP contribution in [0.2, 0.25) is 0 Å². The van der Waals surface area contributed by atoms with Crippen molar-refractivity contribution in [2.24, 2.45) is 23.3 Å². The fraction of sp³-hybridized carbons (Fsp3) is 0.587. The average molecular weight is 1490 g/mol. The predicted octanol–water partition coefficient (Wildman–Crippen LogP) is -8.99. The largest absolute Gasteiger partial charge is 0.481 e. The number of H-pyrrole nitrogens is 1. The van der Waals surface area contributed by atoms with Crippen molar-refractivity contribution >= 4 is 117 Å². The average Bonchev–Trinajstić information content (AvgIpc) is 1.72. The summed E-state index contributed by atoms with van der Waals surface area (Å²) in [6.07, 6.45) is -7.56. The number of carboxylic acid groups (broad SMARTS) is 4. The Morgan fingerprint density at radius 1 is 0.400 bits per heavy atom. The van der Waals surface area contributed by atoms with Crippen LogP contribution in [0.5, 0.6) is 0 Å². The van der Waals surface area contributed by atoms with Gasteiger partial charge in [0.2, 0.25) is 82.7 Å². The van der Waals surface area contributed by atoms with Crippen LogP contribution in [-0.4, -0.2) is 262 Å². The summed E-state index contributed by atoms with van der Waals surface area (Å²) in [5, 5.41) is 109. The molecule has 0 saturated carbocycles. The number of para-hydroxylation sites is 1. The summed E-state index contributed by atoms with van der Waals surface area (Å²) in [5.74, 6) is -24.3. The normalized spacial score (nSPS) is 15.8. The number of aliphatic hydroxyl groups is 4. The van der Waals surface area contributed by atoms with Gasteiger partial charge >= 0.3 is 23.9 Å². The van der Waals surface area contributed by atoms with E-state index >= 15 is 0 Å². The lowest BCUT2D eigenvalue weighted by atomic mass is 10.0. The Kier molecular flexibility index (Phi) is 37.1. The summed E-state index contributed by atoms with van der Waals surface area (Å²) in [5.41, 5.74) is 11.9. The second-order valence-electron chi connectivity index (χ2n) is 25.6. The molecule has 42 nitrogen and oxygen atoms in total. The zero-order valence-electron chi connectivity index (χ0n) is 58.9. The van der Waals surface area contributed by atoms with Crippen LogP contribution in [0, 0.1) is 11.8 Å². The Balaban J connectivity index is 2.41. The SMILES string of the molecule is CC(C)C[C@H](NC(=O)[C@H](C)N)C(=O)N[C@@H](CC(N)=O)C(=O)N[C@@H](CCC(=O)O)C(=O)N[C@@H](CC(=O)O)C(=O)N[C@@H](CC(C)C)C(=O)N[C@@H](CO)C(=O)N[C@@H](CO)C(=O)N[C@@H](Cc1c[nH]c2ccccc12)C(=O)N[C@H](C(=O)N[C@@H](C)C(=O)N[C@@H](C)C(=O)N[C@@H](CC(=O)O)C(=O)N[C@H](C(=O)O)[C@@H](C)O)[C@@H](C)O. The fourth-order valence-electron chi connectivity index (χ4n) is 9.82. The van der Waals surface area contributed by atoms with E-state index in [1.165, 1.54) is 13.1 Å². The first-order chi connectivity index (χ1) is 48.9. The number of aliphatic carboxylic acids is 4. The number of carboxylic acids is 4. The number of primary amides is 1. The van der Waals surface area contributed by atoms with Gasteiger partial charge in [0.15, 0.2) is 6.04 Å². The molecule has 0 aliphatic carbocycles. The molecule has 0 spiro atoms. The zero-order valence-corrected chi connectivity index (χ0v) is 58.9. The van der Waals surface area contributed by atoms with Crippen LogP contribution in [0.3, 0.4) is 0 Å². The minimum atomic E-state index is -2.14. The van der Waals surface area contributed by atoms with E-state index in [1.807, 2.05) is 5.32 Å². The van der Waals surface area contributed by atoms with Crippen molar-refractivity contribution in [1.29, 1.82) is 0 Å². The van der Waals surface area contributed by atoms with E-state index in [1.54, 1.807) is 52.0 Å². The van der Waals surface area contributed by atoms with Crippen LogP contribution in [0.4, 0.5) is 0 Å². The lowest BCUT2D eigenvalue weighted by Crippen LogP contribution is -2.62. The summed E-state index contributed by atoms with van der Waals surface area (Å²) in [4.78, 5) is 239. The number of aromatic nitrogens is 1. The molecule has 2 aromatic rings. The van der Waals surface area contributed by atoms with Crippen molar-refractivity contribution in [3.63, 3.8) is 0 Å². The minimum Gasteiger partial charge on any atom is -0.481 e. The molecule has 584 valence electrons. The van der Waals surface area contributed by atoms with Crippen molar-refractivity contribution < 1.29 is 127 Å². The smallest absolute Gasteiger partial charge is 0.328 e. The molecule has 1 heterocycles. The van der Waals surface area contributed by atoms with E-state index in [-0.39, 0.29) is 18.8 Å². The molecule has 0 saturated heterocycles. The van der Waals surface area contributed by atoms with Crippen LogP contribution in [0.25, 0.3) is 10.9 Å². The Morgan fingerprint density at radius 3 is 1.18 bits per heavy atom. The molecule has 0 fully saturated rings. The fourth-order valence-corrected chi connectivity index (χ4v) is 9.82. The van der Waals surface area contributed by atoms with E-state index in [9.17, 15) is 127 Å². The molecule has 0 radical (unpaired) electrons. The van der Waals surface area contributed by atoms with Crippen molar-refractivity contribution in [1.82, 2.24) is 74.1 Å². The molecule has 2 rings (SSSR count). The summed E-state index contributed by atoms with van der Waals surface area (Å²) in [6, 6.07) is -18.4. The van der Waals surface area contributed by atoms with Gasteiger partial charge in [0.25, 0.3) is 0 Å². The number of aromatic amines is 1. The number of amides is 14. The van der Waals surface area contributed by atoms with Crippen LogP contribution < -0.4 is 80.6 Å². The Hall–Kier alpha value is -11.0. The number of hydrogen-bond acceptors (Lipinski definition) is 23. The van der Waals surface area contributed by atoms with E-state index in [0.717, 1.165) is 27.7 Å². The number of hydrogen-bond donors (Lipinski definition) is 24. The molecular formula is C63H96N16O26. The van der Waals surface area contributed by atoms with Gasteiger partial charge in [0.05, 0.1) is 50.7 Å². The third-order valence-electron chi connectivity index (χ3n) is 15.4. The van der Waals surface area contributed by atoms with Gasteiger partial charge in [-0.25, -0.2) is 4.79 Å². The van der Waals surface area contributed by atoms with Crippen LogP contribution >= 0.6 is 0 Å². The first kappa shape index (κ1) is 90.1. The number of fused-ring (bicyclic) bond motifs is 1. The quantitative estimate of drug-likeness (QED) is 0.0293. The second kappa shape index (κ2) is 43.2. The number of nitrogens with one attached hydrogen (secondary N) is 14. The maximum atomic E-state index is 14.3. The molecule has 1 aromatic heterocycles. The molecule has 42 heteroatoms. The van der Waals surface area contributed by atoms with Crippen LogP contribution in [0.1, 0.15) is 113 Å². The van der Waals surface area contributed by atoms with Gasteiger partial charge in [-0.15, -0.1) is 0 Å². The van der Waals surface area contributed by atoms with Gasteiger partial charge in [-0.2, -0.15) is 0 Å². The molecule has 16 atom stereocenters. The molecule has 105 heavy (non-hydrogen) atoms. The Morgan fingerprint density at radius 2 is 0.752 bits per heavy atom. The molecule has 26 N–H and O–H groups in total. The lowest BCUT2D eigenvalue weighted by Gasteiger charge is -2.28. The monoisotopic (exact) mass is 1490 g/mol. The standard InChI is InChI=1S/C63H96N16O26/c1-25(2)16-36(70-50(91)27(5)64)54(95)74-39(19-44(65)84)56(97)69-35(14-15-45(85)86)53(94)75-40(20-46(87)88)57(98)72-37(17-26(3)4)55(96)76-43(24-81)61(102)77-42(23-80)60(101)73-38(18-32-22-66-34-13-11-10-12-33(32)34)58(99)78-48(30(8)82)62(103)68-28(6)51(92)67-29(7)52(93)71-41(21-47(89)90)59(100)79-49(31(9)83)63(104)105/h10-13,22,25-31,35-43,48-49,66,80-83H,14-21,23-24,64H2,1-9H3,(H2,65,84)(H,67,92)(H,68,103)(H,69,97)(H,70,91)(H,71,93)(H,72,98)(H,73,101)(H,74,95)(H,75,94)(H,76,96)(H,77,102)(H,78,99)(H,79,100)(H,85,86)(H,87,88)(H,89,90)(H,104,105)/t27-,28-,29-,30+,31+,35-,36-,37-,38-,39-,40-,41-,42-,43-,48-,49-/m0/s1. The number of rotatable bonds is 46. The van der Waals surface area contributed by atoms with Crippen molar-refractivity contribution in [3.05, 3.63) is 36.0 Å². The lowest BCUT2D eigenvalue weighted by molar-refractivity contribution is -0.146. The van der Waals surface area contributed by atoms with E-state index in [2.05, 4.69) is 68.8 Å². The van der Waals surface area contributed by atoms with E-state index in [4.69, 9.17) is 11.5 Å². The number of nitrogens with two attached hydrogens (primary N) is 2. The maximum Gasteiger partial charge on any atom is 0.328 e. The third kappa shape index (κ3) is 30.9. The zero-order chi connectivity index (χ0) is 80.0.